The van der Waals surface area contributed by atoms with Gasteiger partial charge in [-0.1, -0.05) is 64.2 Å². The molecule has 3 aliphatic carbocycles. The number of nitrogens with one attached hydrogen (secondary N) is 1. The quantitative estimate of drug-likeness (QED) is 0.344. The molecule has 0 saturated heterocycles. The maximum Gasteiger partial charge on any atom is 0.309 e. The molecule has 0 radical (unpaired) electrons. The summed E-state index contributed by atoms with van der Waals surface area (Å²) < 4.78 is 0. The van der Waals surface area contributed by atoms with Gasteiger partial charge in [-0.05, 0) is 51.4 Å². The number of rotatable bonds is 16. The number of aliphatic carboxylic acids is 1. The Morgan fingerprint density at radius 1 is 0.704 bits per heavy atom. The summed E-state index contributed by atoms with van der Waals surface area (Å²) in [4.78, 5) is 23.4. The van der Waals surface area contributed by atoms with Gasteiger partial charge in [0.05, 0.1) is 5.41 Å². The van der Waals surface area contributed by atoms with Crippen molar-refractivity contribution in [3.8, 4) is 0 Å². The molecule has 4 heteroatoms. The number of amides is 1. The van der Waals surface area contributed by atoms with Crippen LogP contribution < -0.4 is 5.32 Å². The summed E-state index contributed by atoms with van der Waals surface area (Å²) in [5.41, 5.74) is -0.292. The van der Waals surface area contributed by atoms with Crippen LogP contribution in [0.3, 0.4) is 0 Å². The predicted octanol–water partition coefficient (Wildman–Crippen LogP) is 5.59. The Bertz CT molecular complexity index is 504. The van der Waals surface area contributed by atoms with Gasteiger partial charge in [0.2, 0.25) is 5.91 Å². The van der Waals surface area contributed by atoms with Gasteiger partial charge in [-0.25, -0.2) is 0 Å². The van der Waals surface area contributed by atoms with E-state index in [0.29, 0.717) is 11.9 Å². The van der Waals surface area contributed by atoms with Gasteiger partial charge in [0, 0.05) is 11.5 Å². The van der Waals surface area contributed by atoms with Crippen molar-refractivity contribution in [3.63, 3.8) is 0 Å². The third-order valence-corrected chi connectivity index (χ3v) is 7.12. The fraction of sp³-hybridized carbons (Fsp3) is 0.913. The van der Waals surface area contributed by atoms with Gasteiger partial charge in [-0.3, -0.25) is 9.59 Å². The molecule has 0 bridgehead atoms. The summed E-state index contributed by atoms with van der Waals surface area (Å²) in [5, 5.41) is 12.4. The molecule has 0 spiro atoms. The highest BCUT2D eigenvalue weighted by molar-refractivity contribution is 5.85. The second-order valence-electron chi connectivity index (χ2n) is 9.65. The lowest BCUT2D eigenvalue weighted by Crippen LogP contribution is -2.33. The maximum absolute atomic E-state index is 12.2. The average molecular weight is 378 g/mol. The van der Waals surface area contributed by atoms with Crippen LogP contribution in [0, 0.1) is 10.8 Å². The second kappa shape index (κ2) is 9.43. The van der Waals surface area contributed by atoms with E-state index in [2.05, 4.69) is 5.32 Å². The Balaban J connectivity index is 1.08. The Hall–Kier alpha value is -1.06. The highest BCUT2D eigenvalue weighted by Crippen LogP contribution is 2.51. The fourth-order valence-electron chi connectivity index (χ4n) is 4.37. The standard InChI is InChI=1S/C23H39NO3/c25-20(24-19-11-12-19)22(15-16-22)13-9-7-5-3-1-2-4-6-8-10-14-23(17-18-23)21(26)27/h19H,1-18H2,(H,24,25)(H,26,27). The number of unbranched alkanes of at least 4 members (excludes halogenated alkanes) is 9. The molecular weight excluding hydrogens is 338 g/mol. The lowest BCUT2D eigenvalue weighted by Gasteiger charge is -2.14. The molecule has 3 saturated carbocycles. The molecule has 3 fully saturated rings. The summed E-state index contributed by atoms with van der Waals surface area (Å²) >= 11 is 0. The molecule has 0 heterocycles. The molecule has 0 unspecified atom stereocenters. The van der Waals surface area contributed by atoms with Crippen LogP contribution in [-0.2, 0) is 9.59 Å². The minimum absolute atomic E-state index is 0.0300. The van der Waals surface area contributed by atoms with Gasteiger partial charge >= 0.3 is 5.97 Å². The lowest BCUT2D eigenvalue weighted by molar-refractivity contribution is -0.143. The number of carbonyl (C=O) groups is 2. The van der Waals surface area contributed by atoms with Gasteiger partial charge in [-0.2, -0.15) is 0 Å². The minimum atomic E-state index is -0.571. The van der Waals surface area contributed by atoms with Crippen LogP contribution in [0.25, 0.3) is 0 Å². The number of carbonyl (C=O) groups excluding carboxylic acids is 1. The molecule has 27 heavy (non-hydrogen) atoms. The van der Waals surface area contributed by atoms with Gasteiger partial charge in [0.15, 0.2) is 0 Å². The summed E-state index contributed by atoms with van der Waals surface area (Å²) in [7, 11) is 0. The van der Waals surface area contributed by atoms with Crippen molar-refractivity contribution in [1.29, 1.82) is 0 Å². The smallest absolute Gasteiger partial charge is 0.309 e. The molecule has 4 nitrogen and oxygen atoms in total. The van der Waals surface area contributed by atoms with Crippen molar-refractivity contribution in [3.05, 3.63) is 0 Å². The Kier molecular flexibility index (Phi) is 7.22. The first kappa shape index (κ1) is 20.7. The van der Waals surface area contributed by atoms with Crippen LogP contribution in [-0.4, -0.2) is 23.0 Å². The first-order chi connectivity index (χ1) is 13.1. The Labute approximate surface area is 164 Å². The largest absolute Gasteiger partial charge is 0.481 e. The van der Waals surface area contributed by atoms with E-state index in [-0.39, 0.29) is 10.8 Å². The monoisotopic (exact) mass is 377 g/mol. The van der Waals surface area contributed by atoms with Crippen LogP contribution in [0.1, 0.15) is 116 Å². The number of carboxylic acids is 1. The van der Waals surface area contributed by atoms with E-state index in [0.717, 1.165) is 44.9 Å². The molecule has 0 aromatic heterocycles. The highest BCUT2D eigenvalue weighted by Gasteiger charge is 2.50. The molecule has 0 aromatic rings. The van der Waals surface area contributed by atoms with Gasteiger partial charge in [0.25, 0.3) is 0 Å². The van der Waals surface area contributed by atoms with E-state index in [4.69, 9.17) is 5.11 Å². The summed E-state index contributed by atoms with van der Waals surface area (Å²) in [5.74, 6) is -0.223. The minimum Gasteiger partial charge on any atom is -0.481 e. The van der Waals surface area contributed by atoms with E-state index >= 15 is 0 Å². The van der Waals surface area contributed by atoms with E-state index in [9.17, 15) is 9.59 Å². The average Bonchev–Trinajstić information content (AvgIpc) is 3.50. The molecule has 154 valence electrons. The summed E-state index contributed by atoms with van der Waals surface area (Å²) in [6.07, 6.45) is 21.0. The van der Waals surface area contributed by atoms with Crippen LogP contribution in [0.4, 0.5) is 0 Å². The summed E-state index contributed by atoms with van der Waals surface area (Å²) in [6.45, 7) is 0. The molecule has 0 atom stereocenters. The fourth-order valence-corrected chi connectivity index (χ4v) is 4.37. The first-order valence-corrected chi connectivity index (χ1v) is 11.6. The zero-order valence-corrected chi connectivity index (χ0v) is 17.1. The van der Waals surface area contributed by atoms with Crippen molar-refractivity contribution in [2.45, 2.75) is 122 Å². The van der Waals surface area contributed by atoms with E-state index in [1.807, 2.05) is 0 Å². The molecule has 3 rings (SSSR count). The molecular formula is C23H39NO3. The Morgan fingerprint density at radius 2 is 1.11 bits per heavy atom. The third kappa shape index (κ3) is 6.50. The number of hydrogen-bond donors (Lipinski definition) is 2. The summed E-state index contributed by atoms with van der Waals surface area (Å²) in [6, 6.07) is 0.502. The van der Waals surface area contributed by atoms with E-state index < -0.39 is 5.97 Å². The van der Waals surface area contributed by atoms with E-state index in [1.54, 1.807) is 0 Å². The lowest BCUT2D eigenvalue weighted by atomic mass is 9.96. The van der Waals surface area contributed by atoms with Crippen molar-refractivity contribution in [1.82, 2.24) is 5.32 Å². The van der Waals surface area contributed by atoms with Crippen molar-refractivity contribution in [2.24, 2.45) is 10.8 Å². The first-order valence-electron chi connectivity index (χ1n) is 11.6. The molecule has 3 aliphatic rings. The van der Waals surface area contributed by atoms with Crippen LogP contribution in [0.2, 0.25) is 0 Å². The highest BCUT2D eigenvalue weighted by atomic mass is 16.4. The number of carboxylic acid groups (broad SMARTS) is 1. The van der Waals surface area contributed by atoms with Gasteiger partial charge in [0.1, 0.15) is 0 Å². The topological polar surface area (TPSA) is 66.4 Å². The molecule has 0 aromatic carbocycles. The van der Waals surface area contributed by atoms with Crippen LogP contribution >= 0.6 is 0 Å². The maximum atomic E-state index is 12.2. The molecule has 0 aliphatic heterocycles. The molecule has 2 N–H and O–H groups in total. The zero-order chi connectivity index (χ0) is 19.2. The van der Waals surface area contributed by atoms with Crippen molar-refractivity contribution >= 4 is 11.9 Å². The van der Waals surface area contributed by atoms with Crippen LogP contribution in [0.5, 0.6) is 0 Å². The predicted molar refractivity (Wildman–Crippen MR) is 108 cm³/mol. The van der Waals surface area contributed by atoms with Crippen molar-refractivity contribution < 1.29 is 14.7 Å². The Morgan fingerprint density at radius 3 is 1.48 bits per heavy atom. The van der Waals surface area contributed by atoms with Gasteiger partial charge in [-0.15, -0.1) is 0 Å². The van der Waals surface area contributed by atoms with Crippen molar-refractivity contribution in [2.75, 3.05) is 0 Å². The second-order valence-corrected chi connectivity index (χ2v) is 9.65. The van der Waals surface area contributed by atoms with Gasteiger partial charge < -0.3 is 10.4 Å². The number of hydrogen-bond acceptors (Lipinski definition) is 2. The van der Waals surface area contributed by atoms with E-state index in [1.165, 1.54) is 70.6 Å². The van der Waals surface area contributed by atoms with Crippen LogP contribution in [0.15, 0.2) is 0 Å². The third-order valence-electron chi connectivity index (χ3n) is 7.12. The zero-order valence-electron chi connectivity index (χ0n) is 17.1. The SMILES string of the molecule is O=C(O)C1(CCCCCCCCCCCCC2(C(=O)NC3CC3)CC2)CC1. The molecule has 1 amide bonds. The normalized spacial score (nSPS) is 21.6.